The van der Waals surface area contributed by atoms with E-state index in [1.54, 1.807) is 0 Å². The molecule has 0 aliphatic rings. The van der Waals surface area contributed by atoms with Crippen LogP contribution in [0.4, 0.5) is 19.0 Å². The van der Waals surface area contributed by atoms with Crippen LogP contribution >= 0.6 is 15.9 Å². The van der Waals surface area contributed by atoms with Crippen molar-refractivity contribution in [1.29, 1.82) is 0 Å². The number of hydrogen-bond acceptors (Lipinski definition) is 3. The summed E-state index contributed by atoms with van der Waals surface area (Å²) in [6, 6.07) is 1.43. The highest BCUT2D eigenvalue weighted by Crippen LogP contribution is 2.21. The molecule has 1 aromatic heterocycles. The summed E-state index contributed by atoms with van der Waals surface area (Å²) >= 11 is 3.12. The van der Waals surface area contributed by atoms with Gasteiger partial charge in [-0.05, 0) is 22.0 Å². The Kier molecular flexibility index (Phi) is 4.55. The number of nitrogen functional groups attached to an aromatic ring is 1. The fourth-order valence-corrected chi connectivity index (χ4v) is 1.55. The number of rotatable bonds is 3. The number of halogens is 4. The van der Waals surface area contributed by atoms with E-state index in [0.29, 0.717) is 4.47 Å². The minimum absolute atomic E-state index is 0.0120. The zero-order chi connectivity index (χ0) is 13.9. The van der Waals surface area contributed by atoms with E-state index in [9.17, 15) is 18.0 Å². The molecule has 8 heteroatoms. The lowest BCUT2D eigenvalue weighted by Crippen LogP contribution is -2.31. The first-order valence-corrected chi connectivity index (χ1v) is 5.73. The molecule has 0 unspecified atom stereocenters. The van der Waals surface area contributed by atoms with Gasteiger partial charge >= 0.3 is 6.18 Å². The Hall–Kier alpha value is -1.31. The van der Waals surface area contributed by atoms with Gasteiger partial charge in [-0.3, -0.25) is 4.79 Å². The van der Waals surface area contributed by atoms with Crippen LogP contribution in [0.25, 0.3) is 0 Å². The summed E-state index contributed by atoms with van der Waals surface area (Å²) in [4.78, 5) is 16.6. The first-order valence-electron chi connectivity index (χ1n) is 4.94. The van der Waals surface area contributed by atoms with Crippen LogP contribution in [0.3, 0.4) is 0 Å². The number of carbonyl (C=O) groups is 1. The van der Waals surface area contributed by atoms with E-state index in [0.717, 1.165) is 4.90 Å². The maximum Gasteiger partial charge on any atom is 0.390 e. The number of hydrogen-bond donors (Lipinski definition) is 1. The second-order valence-electron chi connectivity index (χ2n) is 3.68. The lowest BCUT2D eigenvalue weighted by molar-refractivity contribution is -0.136. The summed E-state index contributed by atoms with van der Waals surface area (Å²) in [5.41, 5.74) is 5.59. The van der Waals surface area contributed by atoms with Gasteiger partial charge in [0.05, 0.1) is 12.0 Å². The lowest BCUT2D eigenvalue weighted by atomic mass is 10.2. The molecule has 4 nitrogen and oxygen atoms in total. The summed E-state index contributed by atoms with van der Waals surface area (Å²) in [6.07, 6.45) is -3.95. The molecule has 1 rings (SSSR count). The Bertz CT molecular complexity index is 450. The highest BCUT2D eigenvalue weighted by atomic mass is 79.9. The third-order valence-electron chi connectivity index (χ3n) is 2.19. The van der Waals surface area contributed by atoms with Crippen LogP contribution < -0.4 is 5.73 Å². The van der Waals surface area contributed by atoms with Crippen LogP contribution in [0.1, 0.15) is 16.8 Å². The van der Waals surface area contributed by atoms with Crippen molar-refractivity contribution in [2.75, 3.05) is 19.3 Å². The Morgan fingerprint density at radius 3 is 2.72 bits per heavy atom. The van der Waals surface area contributed by atoms with Gasteiger partial charge in [0, 0.05) is 24.3 Å². The molecule has 18 heavy (non-hydrogen) atoms. The molecule has 1 heterocycles. The first kappa shape index (κ1) is 14.7. The third-order valence-corrected chi connectivity index (χ3v) is 2.63. The number of pyridine rings is 1. The zero-order valence-corrected chi connectivity index (χ0v) is 11.0. The average Bonchev–Trinajstić information content (AvgIpc) is 2.27. The van der Waals surface area contributed by atoms with Crippen LogP contribution in [0.5, 0.6) is 0 Å². The van der Waals surface area contributed by atoms with Crippen molar-refractivity contribution in [1.82, 2.24) is 9.88 Å². The molecule has 0 aliphatic carbocycles. The van der Waals surface area contributed by atoms with Gasteiger partial charge in [-0.15, -0.1) is 0 Å². The van der Waals surface area contributed by atoms with Crippen molar-refractivity contribution >= 4 is 27.7 Å². The van der Waals surface area contributed by atoms with E-state index in [1.165, 1.54) is 19.3 Å². The Balaban J connectivity index is 2.77. The molecule has 0 radical (unpaired) electrons. The van der Waals surface area contributed by atoms with E-state index in [4.69, 9.17) is 5.73 Å². The van der Waals surface area contributed by atoms with Crippen molar-refractivity contribution in [2.24, 2.45) is 0 Å². The van der Waals surface area contributed by atoms with Gasteiger partial charge in [0.25, 0.3) is 5.91 Å². The maximum absolute atomic E-state index is 12.0. The van der Waals surface area contributed by atoms with E-state index in [2.05, 4.69) is 20.9 Å². The molecule has 0 spiro atoms. The molecule has 2 N–H and O–H groups in total. The third kappa shape index (κ3) is 4.17. The maximum atomic E-state index is 12.0. The minimum Gasteiger partial charge on any atom is -0.383 e. The normalized spacial score (nSPS) is 11.4. The van der Waals surface area contributed by atoms with Crippen LogP contribution in [-0.2, 0) is 0 Å². The monoisotopic (exact) mass is 325 g/mol. The van der Waals surface area contributed by atoms with Gasteiger partial charge in [0.1, 0.15) is 5.82 Å². The van der Waals surface area contributed by atoms with Gasteiger partial charge in [-0.1, -0.05) is 0 Å². The molecule has 1 aromatic rings. The fraction of sp³-hybridized carbons (Fsp3) is 0.400. The zero-order valence-electron chi connectivity index (χ0n) is 9.46. The summed E-state index contributed by atoms with van der Waals surface area (Å²) < 4.78 is 36.7. The minimum atomic E-state index is -4.30. The van der Waals surface area contributed by atoms with E-state index in [1.807, 2.05) is 0 Å². The second-order valence-corrected chi connectivity index (χ2v) is 4.59. The van der Waals surface area contributed by atoms with Crippen LogP contribution in [0, 0.1) is 0 Å². The molecule has 0 atom stereocenters. The lowest BCUT2D eigenvalue weighted by Gasteiger charge is -2.18. The highest BCUT2D eigenvalue weighted by Gasteiger charge is 2.28. The molecule has 0 saturated heterocycles. The van der Waals surface area contributed by atoms with Gasteiger partial charge < -0.3 is 10.6 Å². The van der Waals surface area contributed by atoms with Gasteiger partial charge in [0.15, 0.2) is 0 Å². The molecule has 0 aliphatic heterocycles. The van der Waals surface area contributed by atoms with Gasteiger partial charge in [0.2, 0.25) is 0 Å². The Morgan fingerprint density at radius 2 is 2.17 bits per heavy atom. The molecular weight excluding hydrogens is 315 g/mol. The van der Waals surface area contributed by atoms with Gasteiger partial charge in [-0.25, -0.2) is 4.98 Å². The molecule has 0 bridgehead atoms. The van der Waals surface area contributed by atoms with Crippen LogP contribution in [0.15, 0.2) is 16.7 Å². The molecular formula is C10H11BrF3N3O. The molecule has 0 saturated carbocycles. The molecule has 0 fully saturated rings. The fourth-order valence-electron chi connectivity index (χ4n) is 1.22. The SMILES string of the molecule is CN(CCC(F)(F)F)C(=O)c1cc(Br)cnc1N. The number of aromatic nitrogens is 1. The van der Waals surface area contributed by atoms with E-state index in [-0.39, 0.29) is 11.4 Å². The standard InChI is InChI=1S/C10H11BrF3N3O/c1-17(3-2-10(12,13)14)9(18)7-4-6(11)5-16-8(7)15/h4-5H,2-3H2,1H3,(H2,15,16). The highest BCUT2D eigenvalue weighted by molar-refractivity contribution is 9.10. The van der Waals surface area contributed by atoms with Crippen molar-refractivity contribution in [3.63, 3.8) is 0 Å². The van der Waals surface area contributed by atoms with Crippen LogP contribution in [0.2, 0.25) is 0 Å². The smallest absolute Gasteiger partial charge is 0.383 e. The number of nitrogens with two attached hydrogens (primary N) is 1. The van der Waals surface area contributed by atoms with E-state index >= 15 is 0 Å². The molecule has 0 aromatic carbocycles. The predicted molar refractivity (Wildman–Crippen MR) is 64.0 cm³/mol. The number of nitrogens with zero attached hydrogens (tertiary/aromatic N) is 2. The van der Waals surface area contributed by atoms with Crippen molar-refractivity contribution in [3.8, 4) is 0 Å². The molecule has 1 amide bonds. The van der Waals surface area contributed by atoms with Crippen molar-refractivity contribution < 1.29 is 18.0 Å². The van der Waals surface area contributed by atoms with Crippen LogP contribution in [-0.4, -0.2) is 35.6 Å². The second kappa shape index (κ2) is 5.55. The summed E-state index contributed by atoms with van der Waals surface area (Å²) in [5, 5.41) is 0. The predicted octanol–water partition coefficient (Wildman–Crippen LogP) is 2.45. The van der Waals surface area contributed by atoms with Gasteiger partial charge in [-0.2, -0.15) is 13.2 Å². The number of carbonyl (C=O) groups excluding carboxylic acids is 1. The topological polar surface area (TPSA) is 59.2 Å². The molecule has 100 valence electrons. The van der Waals surface area contributed by atoms with Crippen molar-refractivity contribution in [3.05, 3.63) is 22.3 Å². The van der Waals surface area contributed by atoms with E-state index < -0.39 is 25.0 Å². The summed E-state index contributed by atoms with van der Waals surface area (Å²) in [6.45, 7) is -0.422. The average molecular weight is 326 g/mol. The van der Waals surface area contributed by atoms with Crippen molar-refractivity contribution in [2.45, 2.75) is 12.6 Å². The largest absolute Gasteiger partial charge is 0.390 e. The summed E-state index contributed by atoms with van der Waals surface area (Å²) in [7, 11) is 1.29. The first-order chi connectivity index (χ1) is 8.20. The number of anilines is 1. The Labute approximate surface area is 110 Å². The Morgan fingerprint density at radius 1 is 1.56 bits per heavy atom. The quantitative estimate of drug-likeness (QED) is 0.928. The summed E-state index contributed by atoms with van der Waals surface area (Å²) in [5.74, 6) is -0.604. The number of alkyl halides is 3. The number of amides is 1.